The van der Waals surface area contributed by atoms with E-state index in [1.54, 1.807) is 0 Å². The van der Waals surface area contributed by atoms with Crippen LogP contribution in [-0.2, 0) is 17.2 Å². The Kier molecular flexibility index (Phi) is 3.44. The lowest BCUT2D eigenvalue weighted by Crippen LogP contribution is -2.22. The van der Waals surface area contributed by atoms with Crippen molar-refractivity contribution < 1.29 is 13.3 Å². The van der Waals surface area contributed by atoms with Gasteiger partial charge in [0.05, 0.1) is 21.4 Å². The Morgan fingerprint density at radius 3 is 2.90 bits per heavy atom. The Hall–Kier alpha value is -1.88. The number of nitrogens with two attached hydrogens (primary N) is 1. The Bertz CT molecular complexity index is 650. The third-order valence-corrected chi connectivity index (χ3v) is 4.79. The second-order valence-electron chi connectivity index (χ2n) is 4.75. The quantitative estimate of drug-likeness (QED) is 0.884. The van der Waals surface area contributed by atoms with Gasteiger partial charge in [-0.05, 0) is 29.8 Å². The van der Waals surface area contributed by atoms with Crippen LogP contribution in [0.2, 0.25) is 0 Å². The summed E-state index contributed by atoms with van der Waals surface area (Å²) >= 11 is 0. The summed E-state index contributed by atoms with van der Waals surface area (Å²) in [6.07, 6.45) is 0.563. The van der Waals surface area contributed by atoms with Crippen LogP contribution in [0.15, 0.2) is 47.4 Å². The number of hydrogen-bond acceptors (Lipinski definition) is 3. The van der Waals surface area contributed by atoms with Crippen molar-refractivity contribution in [3.63, 3.8) is 0 Å². The number of ether oxygens (including phenoxy) is 1. The number of para-hydroxylation sites is 1. The standard InChI is InChI=1S/C15H14FNO2S/c16-11-5-6-13(17)15(8-11)20(18)9-12-7-10-3-1-2-4-14(10)19-12/h1-6,8,12H,7,9,17H2. The normalized spacial score (nSPS) is 18.4. The first kappa shape index (κ1) is 13.1. The molecule has 0 spiro atoms. The van der Waals surface area contributed by atoms with Crippen molar-refractivity contribution in [2.24, 2.45) is 0 Å². The molecule has 104 valence electrons. The third kappa shape index (κ3) is 2.54. The van der Waals surface area contributed by atoms with E-state index in [9.17, 15) is 8.60 Å². The van der Waals surface area contributed by atoms with Crippen molar-refractivity contribution >= 4 is 16.5 Å². The lowest BCUT2D eigenvalue weighted by atomic mass is 10.1. The highest BCUT2D eigenvalue weighted by Crippen LogP contribution is 2.29. The number of fused-ring (bicyclic) bond motifs is 1. The van der Waals surface area contributed by atoms with Crippen molar-refractivity contribution in [1.29, 1.82) is 0 Å². The monoisotopic (exact) mass is 291 g/mol. The molecule has 0 aliphatic carbocycles. The van der Waals surface area contributed by atoms with Gasteiger partial charge in [0.25, 0.3) is 0 Å². The Labute approximate surface area is 119 Å². The largest absolute Gasteiger partial charge is 0.489 e. The summed E-state index contributed by atoms with van der Waals surface area (Å²) in [4.78, 5) is 0.338. The van der Waals surface area contributed by atoms with E-state index in [1.807, 2.05) is 24.3 Å². The maximum absolute atomic E-state index is 13.2. The van der Waals surface area contributed by atoms with Gasteiger partial charge in [-0.3, -0.25) is 4.21 Å². The van der Waals surface area contributed by atoms with Crippen LogP contribution in [0.5, 0.6) is 5.75 Å². The minimum absolute atomic E-state index is 0.157. The Morgan fingerprint density at radius 1 is 1.30 bits per heavy atom. The lowest BCUT2D eigenvalue weighted by molar-refractivity contribution is 0.258. The summed E-state index contributed by atoms with van der Waals surface area (Å²) in [7, 11) is -1.37. The van der Waals surface area contributed by atoms with Crippen molar-refractivity contribution in [2.45, 2.75) is 17.4 Å². The zero-order valence-electron chi connectivity index (χ0n) is 10.7. The molecule has 3 nitrogen and oxygen atoms in total. The molecule has 0 saturated carbocycles. The van der Waals surface area contributed by atoms with Gasteiger partial charge < -0.3 is 10.5 Å². The van der Waals surface area contributed by atoms with Crippen LogP contribution in [0.1, 0.15) is 5.56 Å². The van der Waals surface area contributed by atoms with E-state index in [1.165, 1.54) is 18.2 Å². The van der Waals surface area contributed by atoms with Crippen molar-refractivity contribution in [3.05, 3.63) is 53.8 Å². The van der Waals surface area contributed by atoms with Crippen molar-refractivity contribution in [2.75, 3.05) is 11.5 Å². The molecular formula is C15H14FNO2S. The van der Waals surface area contributed by atoms with Crippen LogP contribution < -0.4 is 10.5 Å². The highest BCUT2D eigenvalue weighted by Gasteiger charge is 2.25. The fourth-order valence-electron chi connectivity index (χ4n) is 2.31. The van der Waals surface area contributed by atoms with Crippen molar-refractivity contribution in [1.82, 2.24) is 0 Å². The van der Waals surface area contributed by atoms with E-state index in [0.29, 0.717) is 16.3 Å². The van der Waals surface area contributed by atoms with Crippen LogP contribution >= 0.6 is 0 Å². The molecule has 2 aromatic rings. The van der Waals surface area contributed by atoms with E-state index in [2.05, 4.69) is 0 Å². The summed E-state index contributed by atoms with van der Waals surface area (Å²) in [5.41, 5.74) is 7.21. The summed E-state index contributed by atoms with van der Waals surface area (Å²) in [6, 6.07) is 11.7. The molecule has 1 aliphatic heterocycles. The topological polar surface area (TPSA) is 52.3 Å². The molecular weight excluding hydrogens is 277 g/mol. The van der Waals surface area contributed by atoms with Gasteiger partial charge in [-0.1, -0.05) is 18.2 Å². The van der Waals surface area contributed by atoms with E-state index in [-0.39, 0.29) is 6.10 Å². The molecule has 0 radical (unpaired) electrons. The highest BCUT2D eigenvalue weighted by molar-refractivity contribution is 7.85. The van der Waals surface area contributed by atoms with Gasteiger partial charge in [-0.15, -0.1) is 0 Å². The van der Waals surface area contributed by atoms with Gasteiger partial charge in [0, 0.05) is 12.1 Å². The van der Waals surface area contributed by atoms with Gasteiger partial charge in [0.1, 0.15) is 17.7 Å². The Balaban J connectivity index is 1.74. The predicted octanol–water partition coefficient (Wildman–Crippen LogP) is 2.52. The number of nitrogen functional groups attached to an aromatic ring is 1. The maximum atomic E-state index is 13.2. The number of benzene rings is 2. The van der Waals surface area contributed by atoms with E-state index in [0.717, 1.165) is 17.7 Å². The number of anilines is 1. The van der Waals surface area contributed by atoms with Gasteiger partial charge in [-0.2, -0.15) is 0 Å². The minimum Gasteiger partial charge on any atom is -0.489 e. The molecule has 0 saturated heterocycles. The first-order chi connectivity index (χ1) is 9.63. The van der Waals surface area contributed by atoms with E-state index in [4.69, 9.17) is 10.5 Å². The van der Waals surface area contributed by atoms with Gasteiger partial charge >= 0.3 is 0 Å². The first-order valence-corrected chi connectivity index (χ1v) is 7.63. The molecule has 3 rings (SSSR count). The average molecular weight is 291 g/mol. The maximum Gasteiger partial charge on any atom is 0.124 e. The second kappa shape index (κ2) is 5.25. The molecule has 1 heterocycles. The number of rotatable bonds is 3. The zero-order chi connectivity index (χ0) is 14.1. The van der Waals surface area contributed by atoms with E-state index < -0.39 is 16.6 Å². The van der Waals surface area contributed by atoms with Crippen LogP contribution in [0.3, 0.4) is 0 Å². The Morgan fingerprint density at radius 2 is 2.10 bits per heavy atom. The minimum atomic E-state index is -1.37. The molecule has 0 aromatic heterocycles. The molecule has 5 heteroatoms. The number of halogens is 1. The van der Waals surface area contributed by atoms with Crippen LogP contribution in [0.4, 0.5) is 10.1 Å². The molecule has 2 unspecified atom stereocenters. The van der Waals surface area contributed by atoms with Crippen molar-refractivity contribution in [3.8, 4) is 5.75 Å². The molecule has 0 fully saturated rings. The van der Waals surface area contributed by atoms with Gasteiger partial charge in [0.2, 0.25) is 0 Å². The molecule has 0 amide bonds. The molecule has 0 bridgehead atoms. The van der Waals surface area contributed by atoms with Crippen LogP contribution in [-0.4, -0.2) is 16.1 Å². The summed E-state index contributed by atoms with van der Waals surface area (Å²) < 4.78 is 31.3. The fourth-order valence-corrected chi connectivity index (χ4v) is 3.59. The first-order valence-electron chi connectivity index (χ1n) is 6.31. The fraction of sp³-hybridized carbons (Fsp3) is 0.200. The molecule has 2 N–H and O–H groups in total. The molecule has 20 heavy (non-hydrogen) atoms. The van der Waals surface area contributed by atoms with Gasteiger partial charge in [-0.25, -0.2) is 4.39 Å². The number of hydrogen-bond donors (Lipinski definition) is 1. The third-order valence-electron chi connectivity index (χ3n) is 3.27. The zero-order valence-corrected chi connectivity index (χ0v) is 11.5. The molecule has 1 aliphatic rings. The smallest absolute Gasteiger partial charge is 0.124 e. The average Bonchev–Trinajstić information content (AvgIpc) is 2.83. The second-order valence-corrected chi connectivity index (χ2v) is 6.21. The van der Waals surface area contributed by atoms with Crippen LogP contribution in [0.25, 0.3) is 0 Å². The van der Waals surface area contributed by atoms with Gasteiger partial charge in [0.15, 0.2) is 0 Å². The van der Waals surface area contributed by atoms with E-state index >= 15 is 0 Å². The summed E-state index contributed by atoms with van der Waals surface area (Å²) in [6.45, 7) is 0. The molecule has 2 atom stereocenters. The summed E-state index contributed by atoms with van der Waals surface area (Å²) in [5.74, 6) is 0.711. The van der Waals surface area contributed by atoms with Crippen LogP contribution in [0, 0.1) is 5.82 Å². The SMILES string of the molecule is Nc1ccc(F)cc1S(=O)CC1Cc2ccccc2O1. The highest BCUT2D eigenvalue weighted by atomic mass is 32.2. The molecule has 2 aromatic carbocycles. The summed E-state index contributed by atoms with van der Waals surface area (Å²) in [5, 5.41) is 0. The predicted molar refractivity (Wildman–Crippen MR) is 76.6 cm³/mol. The lowest BCUT2D eigenvalue weighted by Gasteiger charge is -2.11.